The monoisotopic (exact) mass is 374 g/mol. The molecule has 2 aromatic carbocycles. The minimum absolute atomic E-state index is 0.0101. The van der Waals surface area contributed by atoms with Gasteiger partial charge in [0.2, 0.25) is 10.0 Å². The zero-order valence-electron chi connectivity index (χ0n) is 14.8. The molecular formula is C19H22N2O4S. The Balaban J connectivity index is 1.96. The van der Waals surface area contributed by atoms with Gasteiger partial charge in [-0.25, -0.2) is 8.42 Å². The van der Waals surface area contributed by atoms with E-state index in [1.807, 2.05) is 42.2 Å². The lowest BCUT2D eigenvalue weighted by molar-refractivity contribution is -0.118. The fraction of sp³-hybridized carbons (Fsp3) is 0.316. The summed E-state index contributed by atoms with van der Waals surface area (Å²) in [5.41, 5.74) is 1.15. The molecule has 1 atom stereocenters. The lowest BCUT2D eigenvalue weighted by Gasteiger charge is -2.22. The van der Waals surface area contributed by atoms with Gasteiger partial charge in [-0.05, 0) is 37.3 Å². The molecule has 26 heavy (non-hydrogen) atoms. The van der Waals surface area contributed by atoms with Crippen LogP contribution in [0.5, 0.6) is 11.5 Å². The van der Waals surface area contributed by atoms with Crippen LogP contribution in [-0.4, -0.2) is 33.0 Å². The van der Waals surface area contributed by atoms with Gasteiger partial charge in [-0.2, -0.15) is 0 Å². The second-order valence-electron chi connectivity index (χ2n) is 6.35. The van der Waals surface area contributed by atoms with Crippen LogP contribution in [-0.2, 0) is 14.8 Å². The van der Waals surface area contributed by atoms with Crippen molar-refractivity contribution in [2.75, 3.05) is 28.5 Å². The molecule has 1 aliphatic heterocycles. The smallest absolute Gasteiger partial charge is 0.232 e. The third kappa shape index (κ3) is 4.16. The highest BCUT2D eigenvalue weighted by atomic mass is 32.2. The van der Waals surface area contributed by atoms with Crippen molar-refractivity contribution in [1.29, 1.82) is 0 Å². The van der Waals surface area contributed by atoms with Crippen molar-refractivity contribution in [3.63, 3.8) is 0 Å². The molecule has 0 spiro atoms. The van der Waals surface area contributed by atoms with E-state index in [1.165, 1.54) is 0 Å². The number of rotatable bonds is 6. The van der Waals surface area contributed by atoms with Crippen molar-refractivity contribution in [3.05, 3.63) is 48.5 Å². The normalized spacial score (nSPS) is 17.4. The molecule has 1 unspecified atom stereocenters. The van der Waals surface area contributed by atoms with E-state index in [0.717, 1.165) is 0 Å². The number of hydrogen-bond acceptors (Lipinski definition) is 5. The zero-order valence-corrected chi connectivity index (χ0v) is 15.6. The van der Waals surface area contributed by atoms with Crippen LogP contribution in [0.15, 0.2) is 48.5 Å². The lowest BCUT2D eigenvalue weighted by Crippen LogP contribution is -2.21. The largest absolute Gasteiger partial charge is 0.455 e. The first kappa shape index (κ1) is 18.3. The van der Waals surface area contributed by atoms with Crippen LogP contribution >= 0.6 is 0 Å². The molecule has 2 aromatic rings. The molecule has 138 valence electrons. The summed E-state index contributed by atoms with van der Waals surface area (Å²) >= 11 is 0. The van der Waals surface area contributed by atoms with Crippen LogP contribution in [0.3, 0.4) is 0 Å². The number of ether oxygens (including phenoxy) is 1. The molecule has 6 nitrogen and oxygen atoms in total. The fourth-order valence-corrected chi connectivity index (χ4v) is 3.44. The highest BCUT2D eigenvalue weighted by molar-refractivity contribution is 7.92. The maximum atomic E-state index is 12.0. The summed E-state index contributed by atoms with van der Waals surface area (Å²) in [7, 11) is -3.38. The van der Waals surface area contributed by atoms with Crippen molar-refractivity contribution in [2.45, 2.75) is 13.8 Å². The van der Waals surface area contributed by atoms with Gasteiger partial charge in [-0.3, -0.25) is 9.52 Å². The van der Waals surface area contributed by atoms with Gasteiger partial charge < -0.3 is 9.64 Å². The Morgan fingerprint density at radius 1 is 1.19 bits per heavy atom. The van der Waals surface area contributed by atoms with Gasteiger partial charge in [-0.15, -0.1) is 0 Å². The van der Waals surface area contributed by atoms with Gasteiger partial charge in [0.1, 0.15) is 5.75 Å². The van der Waals surface area contributed by atoms with Gasteiger partial charge in [0.05, 0.1) is 23.7 Å². The predicted molar refractivity (Wildman–Crippen MR) is 102 cm³/mol. The van der Waals surface area contributed by atoms with Crippen LogP contribution in [0.25, 0.3) is 0 Å². The number of nitrogens with zero attached hydrogens (tertiary/aromatic N) is 1. The molecule has 1 aliphatic rings. The molecule has 7 heteroatoms. The molecule has 3 rings (SSSR count). The standard InChI is InChI=1S/C19H22N2O4S/c1-3-26(23,24)20-15-9-10-19(25-16-7-5-4-6-8-16)17(11-15)21-12-14(2)18(22)13-21/h4-11,14,20H,3,12-13H2,1-2H3. The molecule has 1 N–H and O–H groups in total. The quantitative estimate of drug-likeness (QED) is 0.840. The number of carbonyl (C=O) groups is 1. The maximum Gasteiger partial charge on any atom is 0.232 e. The highest BCUT2D eigenvalue weighted by Gasteiger charge is 2.29. The summed E-state index contributed by atoms with van der Waals surface area (Å²) in [4.78, 5) is 13.9. The molecule has 0 bridgehead atoms. The number of nitrogens with one attached hydrogen (secondary N) is 1. The van der Waals surface area contributed by atoms with Crippen LogP contribution in [0.1, 0.15) is 13.8 Å². The van der Waals surface area contributed by atoms with Crippen LogP contribution in [0.2, 0.25) is 0 Å². The third-order valence-corrected chi connectivity index (χ3v) is 5.62. The van der Waals surface area contributed by atoms with Crippen molar-refractivity contribution < 1.29 is 17.9 Å². The maximum absolute atomic E-state index is 12.0. The number of benzene rings is 2. The molecule has 1 heterocycles. The average Bonchev–Trinajstić information content (AvgIpc) is 2.96. The number of anilines is 2. The molecule has 0 aromatic heterocycles. The predicted octanol–water partition coefficient (Wildman–Crippen LogP) is 3.27. The lowest BCUT2D eigenvalue weighted by atomic mass is 10.1. The Kier molecular flexibility index (Phi) is 5.18. The highest BCUT2D eigenvalue weighted by Crippen LogP contribution is 2.37. The molecular weight excluding hydrogens is 352 g/mol. The van der Waals surface area contributed by atoms with E-state index in [4.69, 9.17) is 4.74 Å². The Morgan fingerprint density at radius 3 is 2.54 bits per heavy atom. The molecule has 0 amide bonds. The first-order valence-corrected chi connectivity index (χ1v) is 10.2. The number of para-hydroxylation sites is 1. The Hall–Kier alpha value is -2.54. The van der Waals surface area contributed by atoms with Crippen molar-refractivity contribution >= 4 is 27.2 Å². The third-order valence-electron chi connectivity index (χ3n) is 4.31. The first-order chi connectivity index (χ1) is 12.4. The van der Waals surface area contributed by atoms with Crippen molar-refractivity contribution in [3.8, 4) is 11.5 Å². The Labute approximate surface area is 153 Å². The van der Waals surface area contributed by atoms with Crippen LogP contribution in [0, 0.1) is 5.92 Å². The van der Waals surface area contributed by atoms with E-state index < -0.39 is 10.0 Å². The Bertz CT molecular complexity index is 897. The van der Waals surface area contributed by atoms with E-state index in [9.17, 15) is 13.2 Å². The average molecular weight is 374 g/mol. The summed E-state index contributed by atoms with van der Waals surface area (Å²) < 4.78 is 32.3. The minimum atomic E-state index is -3.38. The van der Waals surface area contributed by atoms with Gasteiger partial charge in [-0.1, -0.05) is 25.1 Å². The van der Waals surface area contributed by atoms with Gasteiger partial charge in [0.25, 0.3) is 0 Å². The number of ketones is 1. The Morgan fingerprint density at radius 2 is 1.92 bits per heavy atom. The summed E-state index contributed by atoms with van der Waals surface area (Å²) in [5, 5.41) is 0. The molecule has 1 saturated heterocycles. The minimum Gasteiger partial charge on any atom is -0.455 e. The number of hydrogen-bond donors (Lipinski definition) is 1. The second-order valence-corrected chi connectivity index (χ2v) is 8.36. The van der Waals surface area contributed by atoms with Gasteiger partial charge >= 0.3 is 0 Å². The SMILES string of the molecule is CCS(=O)(=O)Nc1ccc(Oc2ccccc2)c(N2CC(=O)C(C)C2)c1. The van der Waals surface area contributed by atoms with Gasteiger partial charge in [0, 0.05) is 12.5 Å². The molecule has 0 radical (unpaired) electrons. The first-order valence-electron chi connectivity index (χ1n) is 8.53. The zero-order chi connectivity index (χ0) is 18.7. The number of sulfonamides is 1. The van der Waals surface area contributed by atoms with Gasteiger partial charge in [0.15, 0.2) is 11.5 Å². The number of Topliss-reactive ketones (excluding diaryl/α,β-unsaturated/α-hetero) is 1. The van der Waals surface area contributed by atoms with E-state index in [2.05, 4.69) is 4.72 Å². The van der Waals surface area contributed by atoms with E-state index in [0.29, 0.717) is 29.4 Å². The fourth-order valence-electron chi connectivity index (χ4n) is 2.81. The molecule has 0 aliphatic carbocycles. The molecule has 0 saturated carbocycles. The van der Waals surface area contributed by atoms with E-state index in [1.54, 1.807) is 25.1 Å². The topological polar surface area (TPSA) is 75.7 Å². The van der Waals surface area contributed by atoms with E-state index >= 15 is 0 Å². The van der Waals surface area contributed by atoms with Crippen LogP contribution < -0.4 is 14.4 Å². The van der Waals surface area contributed by atoms with Crippen LogP contribution in [0.4, 0.5) is 11.4 Å². The van der Waals surface area contributed by atoms with Crippen molar-refractivity contribution in [1.82, 2.24) is 0 Å². The summed E-state index contributed by atoms with van der Waals surface area (Å²) in [6.07, 6.45) is 0. The van der Waals surface area contributed by atoms with Crippen molar-refractivity contribution in [2.24, 2.45) is 5.92 Å². The summed E-state index contributed by atoms with van der Waals surface area (Å²) in [5.74, 6) is 1.35. The second kappa shape index (κ2) is 7.37. The van der Waals surface area contributed by atoms with E-state index in [-0.39, 0.29) is 24.0 Å². The summed E-state index contributed by atoms with van der Waals surface area (Å²) in [6.45, 7) is 4.34. The molecule has 1 fully saturated rings. The summed E-state index contributed by atoms with van der Waals surface area (Å²) in [6, 6.07) is 14.4. The number of carbonyl (C=O) groups excluding carboxylic acids is 1.